The third-order valence-corrected chi connectivity index (χ3v) is 4.06. The zero-order valence-electron chi connectivity index (χ0n) is 12.5. The van der Waals surface area contributed by atoms with E-state index in [4.69, 9.17) is 0 Å². The molecular formula is C17H21NO4. The Morgan fingerprint density at radius 3 is 2.64 bits per heavy atom. The molecule has 1 amide bonds. The fraction of sp³-hybridized carbons (Fsp3) is 0.471. The lowest BCUT2D eigenvalue weighted by Gasteiger charge is -2.27. The Bertz CT molecular complexity index is 541. The molecule has 0 bridgehead atoms. The van der Waals surface area contributed by atoms with E-state index in [0.29, 0.717) is 25.7 Å². The second-order valence-corrected chi connectivity index (χ2v) is 5.76. The van der Waals surface area contributed by atoms with Crippen molar-refractivity contribution in [1.82, 2.24) is 5.32 Å². The number of hydrogen-bond donors (Lipinski definition) is 2. The van der Waals surface area contributed by atoms with Crippen LogP contribution in [0.25, 0.3) is 0 Å². The van der Waals surface area contributed by atoms with Crippen molar-refractivity contribution < 1.29 is 19.5 Å². The van der Waals surface area contributed by atoms with E-state index in [1.807, 2.05) is 30.3 Å². The fourth-order valence-electron chi connectivity index (χ4n) is 2.87. The van der Waals surface area contributed by atoms with Crippen molar-refractivity contribution in [3.8, 4) is 0 Å². The molecule has 0 aliphatic heterocycles. The highest BCUT2D eigenvalue weighted by Crippen LogP contribution is 2.24. The van der Waals surface area contributed by atoms with Crippen LogP contribution >= 0.6 is 0 Å². The maximum Gasteiger partial charge on any atom is 0.326 e. The van der Waals surface area contributed by atoms with E-state index in [1.54, 1.807) is 0 Å². The van der Waals surface area contributed by atoms with Crippen molar-refractivity contribution in [2.75, 3.05) is 0 Å². The van der Waals surface area contributed by atoms with Gasteiger partial charge in [0.25, 0.3) is 0 Å². The maximum absolute atomic E-state index is 12.0. The summed E-state index contributed by atoms with van der Waals surface area (Å²) < 4.78 is 0. The number of carbonyl (C=O) groups excluding carboxylic acids is 2. The van der Waals surface area contributed by atoms with E-state index in [0.717, 1.165) is 5.56 Å². The molecule has 118 valence electrons. The molecule has 5 nitrogen and oxygen atoms in total. The molecule has 1 fully saturated rings. The first kappa shape index (κ1) is 16.2. The lowest BCUT2D eigenvalue weighted by Crippen LogP contribution is -2.47. The highest BCUT2D eigenvalue weighted by atomic mass is 16.4. The number of benzene rings is 1. The minimum atomic E-state index is -1.06. The van der Waals surface area contributed by atoms with Crippen LogP contribution in [0.2, 0.25) is 0 Å². The normalized spacial score (nSPS) is 19.5. The number of aliphatic carboxylic acids is 1. The van der Waals surface area contributed by atoms with Gasteiger partial charge in [-0.3, -0.25) is 9.59 Å². The number of carboxylic acid groups (broad SMARTS) is 1. The molecule has 0 spiro atoms. The Hall–Kier alpha value is -2.17. The zero-order chi connectivity index (χ0) is 15.9. The third-order valence-electron chi connectivity index (χ3n) is 4.06. The van der Waals surface area contributed by atoms with Gasteiger partial charge < -0.3 is 10.4 Å². The second-order valence-electron chi connectivity index (χ2n) is 5.76. The van der Waals surface area contributed by atoms with Crippen molar-refractivity contribution in [2.24, 2.45) is 5.92 Å². The molecule has 0 unspecified atom stereocenters. The molecule has 0 radical (unpaired) electrons. The van der Waals surface area contributed by atoms with Gasteiger partial charge in [-0.05, 0) is 30.7 Å². The Kier molecular flexibility index (Phi) is 5.69. The van der Waals surface area contributed by atoms with Crippen LogP contribution in [0.3, 0.4) is 0 Å². The molecule has 1 aromatic rings. The van der Waals surface area contributed by atoms with E-state index in [9.17, 15) is 19.5 Å². The van der Waals surface area contributed by atoms with Gasteiger partial charge in [0.1, 0.15) is 11.8 Å². The van der Waals surface area contributed by atoms with Gasteiger partial charge in [0.15, 0.2) is 0 Å². The van der Waals surface area contributed by atoms with Crippen LogP contribution in [0.15, 0.2) is 30.3 Å². The first-order chi connectivity index (χ1) is 10.6. The van der Waals surface area contributed by atoms with E-state index in [1.165, 1.54) is 0 Å². The zero-order valence-corrected chi connectivity index (χ0v) is 12.5. The van der Waals surface area contributed by atoms with Crippen molar-refractivity contribution in [3.63, 3.8) is 0 Å². The molecule has 1 aliphatic rings. The lowest BCUT2D eigenvalue weighted by atomic mass is 9.83. The molecule has 22 heavy (non-hydrogen) atoms. The van der Waals surface area contributed by atoms with Gasteiger partial charge in [0.05, 0.1) is 0 Å². The third kappa shape index (κ3) is 4.69. The van der Waals surface area contributed by atoms with Gasteiger partial charge in [-0.1, -0.05) is 30.3 Å². The molecule has 1 saturated carbocycles. The largest absolute Gasteiger partial charge is 0.480 e. The summed E-state index contributed by atoms with van der Waals surface area (Å²) >= 11 is 0. The van der Waals surface area contributed by atoms with Gasteiger partial charge in [0, 0.05) is 19.3 Å². The van der Waals surface area contributed by atoms with E-state index in [-0.39, 0.29) is 30.4 Å². The standard InChI is InChI=1S/C17H21NO4/c19-14-8-4-7-13(11-14)16(17(21)22)18-15(20)10-9-12-5-2-1-3-6-12/h1-3,5-6,13,16H,4,7-11H2,(H,18,20)(H,21,22)/t13-,16+/m1/s1. The topological polar surface area (TPSA) is 83.5 Å². The summed E-state index contributed by atoms with van der Waals surface area (Å²) in [6, 6.07) is 8.61. The first-order valence-electron chi connectivity index (χ1n) is 7.64. The molecule has 1 aromatic carbocycles. The van der Waals surface area contributed by atoms with Gasteiger partial charge in [-0.25, -0.2) is 4.79 Å². The van der Waals surface area contributed by atoms with Gasteiger partial charge in [-0.2, -0.15) is 0 Å². The Morgan fingerprint density at radius 2 is 2.00 bits per heavy atom. The van der Waals surface area contributed by atoms with Crippen LogP contribution in [-0.2, 0) is 20.8 Å². The molecular weight excluding hydrogens is 282 g/mol. The Labute approximate surface area is 129 Å². The molecule has 0 aromatic heterocycles. The summed E-state index contributed by atoms with van der Waals surface area (Å²) in [5, 5.41) is 11.9. The fourth-order valence-corrected chi connectivity index (χ4v) is 2.87. The molecule has 2 N–H and O–H groups in total. The van der Waals surface area contributed by atoms with Crippen molar-refractivity contribution in [3.05, 3.63) is 35.9 Å². The number of carboxylic acids is 1. The molecule has 0 heterocycles. The molecule has 2 atom stereocenters. The molecule has 2 rings (SSSR count). The average Bonchev–Trinajstić information content (AvgIpc) is 2.51. The van der Waals surface area contributed by atoms with Gasteiger partial charge in [0.2, 0.25) is 5.91 Å². The summed E-state index contributed by atoms with van der Waals surface area (Å²) in [7, 11) is 0. The van der Waals surface area contributed by atoms with E-state index < -0.39 is 12.0 Å². The van der Waals surface area contributed by atoms with Crippen LogP contribution in [-0.4, -0.2) is 28.8 Å². The summed E-state index contributed by atoms with van der Waals surface area (Å²) in [5.74, 6) is -1.55. The van der Waals surface area contributed by atoms with Crippen LogP contribution in [0.5, 0.6) is 0 Å². The SMILES string of the molecule is O=C1CCC[C@@H]([C@H](NC(=O)CCc2ccccc2)C(=O)O)C1. The lowest BCUT2D eigenvalue weighted by molar-refractivity contribution is -0.144. The molecule has 1 aliphatic carbocycles. The number of ketones is 1. The summed E-state index contributed by atoms with van der Waals surface area (Å²) in [6.45, 7) is 0. The van der Waals surface area contributed by atoms with Crippen LogP contribution in [0, 0.1) is 5.92 Å². The molecule has 0 saturated heterocycles. The highest BCUT2D eigenvalue weighted by Gasteiger charge is 2.33. The monoisotopic (exact) mass is 303 g/mol. The maximum atomic E-state index is 12.0. The van der Waals surface area contributed by atoms with Crippen molar-refractivity contribution >= 4 is 17.7 Å². The Morgan fingerprint density at radius 1 is 1.27 bits per heavy atom. The number of aryl methyl sites for hydroxylation is 1. The van der Waals surface area contributed by atoms with Crippen molar-refractivity contribution in [2.45, 2.75) is 44.6 Å². The predicted molar refractivity (Wildman–Crippen MR) is 81.3 cm³/mol. The number of nitrogens with one attached hydrogen (secondary N) is 1. The van der Waals surface area contributed by atoms with Crippen LogP contribution in [0.1, 0.15) is 37.7 Å². The minimum absolute atomic E-state index is 0.0843. The van der Waals surface area contributed by atoms with Gasteiger partial charge in [-0.15, -0.1) is 0 Å². The van der Waals surface area contributed by atoms with E-state index in [2.05, 4.69) is 5.32 Å². The van der Waals surface area contributed by atoms with Crippen LogP contribution in [0.4, 0.5) is 0 Å². The Balaban J connectivity index is 1.88. The van der Waals surface area contributed by atoms with E-state index >= 15 is 0 Å². The second kappa shape index (κ2) is 7.73. The predicted octanol–water partition coefficient (Wildman–Crippen LogP) is 1.95. The smallest absolute Gasteiger partial charge is 0.326 e. The number of hydrogen-bond acceptors (Lipinski definition) is 3. The highest BCUT2D eigenvalue weighted by molar-refractivity contribution is 5.85. The van der Waals surface area contributed by atoms with Gasteiger partial charge >= 0.3 is 5.97 Å². The summed E-state index contributed by atoms with van der Waals surface area (Å²) in [5.41, 5.74) is 1.04. The summed E-state index contributed by atoms with van der Waals surface area (Å²) in [6.07, 6.45) is 2.95. The van der Waals surface area contributed by atoms with Crippen molar-refractivity contribution in [1.29, 1.82) is 0 Å². The quantitative estimate of drug-likeness (QED) is 0.841. The van der Waals surface area contributed by atoms with Crippen LogP contribution < -0.4 is 5.32 Å². The number of Topliss-reactive ketones (excluding diaryl/α,β-unsaturated/α-hetero) is 1. The number of carbonyl (C=O) groups is 3. The minimum Gasteiger partial charge on any atom is -0.480 e. The summed E-state index contributed by atoms with van der Waals surface area (Å²) in [4.78, 5) is 34.9. The average molecular weight is 303 g/mol. The first-order valence-corrected chi connectivity index (χ1v) is 7.64. The number of rotatable bonds is 6. The number of amides is 1. The molecule has 5 heteroatoms.